The molecule has 1 unspecified atom stereocenters. The Hall–Kier alpha value is -3.80. The molecule has 1 aliphatic carbocycles. The lowest BCUT2D eigenvalue weighted by molar-refractivity contribution is 0.0958. The van der Waals surface area contributed by atoms with Gasteiger partial charge in [-0.05, 0) is 42.9 Å². The Balaban J connectivity index is 1.68. The van der Waals surface area contributed by atoms with Gasteiger partial charge in [0.25, 0.3) is 15.9 Å². The second kappa shape index (κ2) is 9.59. The lowest BCUT2D eigenvalue weighted by Crippen LogP contribution is -2.18. The maximum absolute atomic E-state index is 12.8. The number of anilines is 1. The van der Waals surface area contributed by atoms with E-state index >= 15 is 0 Å². The Bertz CT molecular complexity index is 1330. The molecule has 0 aromatic carbocycles. The van der Waals surface area contributed by atoms with E-state index in [0.717, 1.165) is 24.8 Å². The van der Waals surface area contributed by atoms with E-state index in [0.29, 0.717) is 11.4 Å². The average molecular weight is 484 g/mol. The van der Waals surface area contributed by atoms with Gasteiger partial charge in [0.15, 0.2) is 0 Å². The van der Waals surface area contributed by atoms with Crippen molar-refractivity contribution in [3.05, 3.63) is 54.3 Å². The van der Waals surface area contributed by atoms with E-state index in [1.165, 1.54) is 36.4 Å². The largest absolute Gasteiger partial charge is 0.437 e. The van der Waals surface area contributed by atoms with E-state index in [1.807, 2.05) is 0 Å². The summed E-state index contributed by atoms with van der Waals surface area (Å²) in [5, 5.41) is 6.41. The quantitative estimate of drug-likeness (QED) is 0.523. The number of ether oxygens (including phenoxy) is 1. The van der Waals surface area contributed by atoms with E-state index < -0.39 is 10.0 Å². The number of carbonyl (C=O) groups is 1. The molecule has 3 heterocycles. The minimum Gasteiger partial charge on any atom is -0.437 e. The number of hydrogen-bond acceptors (Lipinski definition) is 8. The maximum Gasteiger partial charge on any atom is 0.269 e. The van der Waals surface area contributed by atoms with Crippen LogP contribution in [0.4, 0.5) is 5.95 Å². The third kappa shape index (κ3) is 5.22. The molecule has 0 bridgehead atoms. The predicted molar refractivity (Wildman–Crippen MR) is 125 cm³/mol. The van der Waals surface area contributed by atoms with Gasteiger partial charge in [-0.1, -0.05) is 13.0 Å². The third-order valence-electron chi connectivity index (χ3n) is 5.37. The van der Waals surface area contributed by atoms with Crippen LogP contribution in [0.5, 0.6) is 11.6 Å². The van der Waals surface area contributed by atoms with Crippen LogP contribution in [-0.2, 0) is 17.1 Å². The van der Waals surface area contributed by atoms with Crippen LogP contribution < -0.4 is 14.8 Å². The highest BCUT2D eigenvalue weighted by Gasteiger charge is 2.22. The summed E-state index contributed by atoms with van der Waals surface area (Å²) in [5.74, 6) is 0.296. The highest BCUT2D eigenvalue weighted by molar-refractivity contribution is 7.92. The number of aromatic nitrogens is 5. The van der Waals surface area contributed by atoms with Crippen LogP contribution >= 0.6 is 0 Å². The van der Waals surface area contributed by atoms with Gasteiger partial charge in [0.2, 0.25) is 11.8 Å². The Morgan fingerprint density at radius 3 is 2.71 bits per heavy atom. The minimum atomic E-state index is -3.95. The van der Waals surface area contributed by atoms with Gasteiger partial charge in [-0.3, -0.25) is 9.48 Å². The van der Waals surface area contributed by atoms with Crippen molar-refractivity contribution in [2.75, 3.05) is 11.8 Å². The van der Waals surface area contributed by atoms with E-state index in [2.05, 4.69) is 43.1 Å². The average Bonchev–Trinajstić information content (AvgIpc) is 3.26. The topological polar surface area (TPSA) is 141 Å². The van der Waals surface area contributed by atoms with Gasteiger partial charge >= 0.3 is 0 Å². The lowest BCUT2D eigenvalue weighted by atomic mass is 9.87. The van der Waals surface area contributed by atoms with Crippen LogP contribution in [0.25, 0.3) is 5.57 Å². The first kappa shape index (κ1) is 23.4. The number of nitrogens with zero attached hydrogens (tertiary/aromatic N) is 5. The van der Waals surface area contributed by atoms with Crippen molar-refractivity contribution < 1.29 is 17.9 Å². The molecule has 34 heavy (non-hydrogen) atoms. The second-order valence-electron chi connectivity index (χ2n) is 7.92. The van der Waals surface area contributed by atoms with E-state index in [-0.39, 0.29) is 34.2 Å². The monoisotopic (exact) mass is 483 g/mol. The summed E-state index contributed by atoms with van der Waals surface area (Å²) in [5.41, 5.74) is 1.83. The molecule has 3 aromatic heterocycles. The number of pyridine rings is 1. The molecule has 0 saturated carbocycles. The molecule has 4 rings (SSSR count). The Morgan fingerprint density at radius 2 is 2.06 bits per heavy atom. The van der Waals surface area contributed by atoms with Gasteiger partial charge < -0.3 is 10.1 Å². The van der Waals surface area contributed by atoms with Crippen molar-refractivity contribution in [3.8, 4) is 11.6 Å². The summed E-state index contributed by atoms with van der Waals surface area (Å²) in [6.07, 6.45) is 9.15. The first-order valence-electron chi connectivity index (χ1n) is 10.7. The van der Waals surface area contributed by atoms with Crippen molar-refractivity contribution >= 4 is 27.5 Å². The van der Waals surface area contributed by atoms with Gasteiger partial charge in [0.1, 0.15) is 16.3 Å². The molecule has 0 fully saturated rings. The summed E-state index contributed by atoms with van der Waals surface area (Å²) >= 11 is 0. The second-order valence-corrected chi connectivity index (χ2v) is 9.60. The number of allylic oxidation sites excluding steroid dienone is 2. The fourth-order valence-electron chi connectivity index (χ4n) is 3.61. The van der Waals surface area contributed by atoms with E-state index in [4.69, 9.17) is 4.74 Å². The molecule has 11 nitrogen and oxygen atoms in total. The van der Waals surface area contributed by atoms with Crippen LogP contribution in [0.1, 0.15) is 42.4 Å². The zero-order valence-corrected chi connectivity index (χ0v) is 19.8. The Labute approximate surface area is 197 Å². The molecular formula is C22H25N7O4S. The zero-order valence-electron chi connectivity index (χ0n) is 19.0. The van der Waals surface area contributed by atoms with Crippen molar-refractivity contribution in [2.24, 2.45) is 13.0 Å². The van der Waals surface area contributed by atoms with Crippen molar-refractivity contribution in [2.45, 2.75) is 31.1 Å². The zero-order chi connectivity index (χ0) is 24.3. The molecule has 1 amide bonds. The van der Waals surface area contributed by atoms with Gasteiger partial charge in [-0.25, -0.2) is 23.1 Å². The van der Waals surface area contributed by atoms with Crippen molar-refractivity contribution in [1.29, 1.82) is 0 Å². The standard InChI is InChI=1S/C22H25N7O4S/c1-14-6-4-5-7-17(14)19-10-20(33-15-8-9-18(24-11-15)21(30)23-2)27-22(26-19)28-34(31,32)16-12-25-29(3)13-16/h7-14H,4-6H2,1-3H3,(H,23,30)(H,26,27,28). The van der Waals surface area contributed by atoms with Crippen molar-refractivity contribution in [1.82, 2.24) is 30.0 Å². The molecular weight excluding hydrogens is 458 g/mol. The first-order valence-corrected chi connectivity index (χ1v) is 12.2. The predicted octanol–water partition coefficient (Wildman–Crippen LogP) is 2.76. The summed E-state index contributed by atoms with van der Waals surface area (Å²) in [6, 6.07) is 4.78. The van der Waals surface area contributed by atoms with Crippen LogP contribution in [0.3, 0.4) is 0 Å². The number of sulfonamides is 1. The normalized spacial score (nSPS) is 16.0. The summed E-state index contributed by atoms with van der Waals surface area (Å²) in [7, 11) is -0.804. The number of carbonyl (C=O) groups excluding carboxylic acids is 1. The number of hydrogen-bond donors (Lipinski definition) is 2. The molecule has 1 aliphatic rings. The molecule has 0 saturated heterocycles. The minimum absolute atomic E-state index is 0.00860. The number of nitrogens with one attached hydrogen (secondary N) is 2. The van der Waals surface area contributed by atoms with Crippen LogP contribution in [0.2, 0.25) is 0 Å². The van der Waals surface area contributed by atoms with Gasteiger partial charge in [0, 0.05) is 26.4 Å². The van der Waals surface area contributed by atoms with Crippen LogP contribution in [-0.4, -0.2) is 46.1 Å². The molecule has 1 atom stereocenters. The number of rotatable bonds is 7. The Morgan fingerprint density at radius 1 is 1.24 bits per heavy atom. The summed E-state index contributed by atoms with van der Waals surface area (Å²) in [6.45, 7) is 2.11. The lowest BCUT2D eigenvalue weighted by Gasteiger charge is -2.21. The number of aryl methyl sites for hydroxylation is 1. The molecule has 178 valence electrons. The van der Waals surface area contributed by atoms with Crippen LogP contribution in [0, 0.1) is 5.92 Å². The summed E-state index contributed by atoms with van der Waals surface area (Å²) < 4.78 is 35.3. The highest BCUT2D eigenvalue weighted by atomic mass is 32.2. The molecule has 0 spiro atoms. The highest BCUT2D eigenvalue weighted by Crippen LogP contribution is 2.33. The summed E-state index contributed by atoms with van der Waals surface area (Å²) in [4.78, 5) is 24.5. The molecule has 0 aliphatic heterocycles. The fraction of sp³-hybridized carbons (Fsp3) is 0.318. The SMILES string of the molecule is CNC(=O)c1ccc(Oc2cc(C3=CCCCC3C)nc(NS(=O)(=O)c3cnn(C)c3)n2)cn1. The molecule has 12 heteroatoms. The molecule has 3 aromatic rings. The van der Waals surface area contributed by atoms with Crippen LogP contribution in [0.15, 0.2) is 47.8 Å². The smallest absolute Gasteiger partial charge is 0.269 e. The van der Waals surface area contributed by atoms with Gasteiger partial charge in [0.05, 0.1) is 18.1 Å². The van der Waals surface area contributed by atoms with E-state index in [9.17, 15) is 13.2 Å². The maximum atomic E-state index is 12.8. The Kier molecular flexibility index (Phi) is 6.59. The first-order chi connectivity index (χ1) is 16.2. The van der Waals surface area contributed by atoms with E-state index in [1.54, 1.807) is 19.2 Å². The van der Waals surface area contributed by atoms with Crippen molar-refractivity contribution in [3.63, 3.8) is 0 Å². The van der Waals surface area contributed by atoms with Gasteiger partial charge in [-0.2, -0.15) is 10.1 Å². The van der Waals surface area contributed by atoms with Gasteiger partial charge in [-0.15, -0.1) is 0 Å². The molecule has 2 N–H and O–H groups in total. The molecule has 0 radical (unpaired) electrons. The number of amides is 1. The third-order valence-corrected chi connectivity index (χ3v) is 6.65. The fourth-order valence-corrected chi connectivity index (χ4v) is 4.53.